The molecule has 0 aromatic heterocycles. The van der Waals surface area contributed by atoms with Gasteiger partial charge in [-0.05, 0) is 25.1 Å². The van der Waals surface area contributed by atoms with Gasteiger partial charge in [-0.1, -0.05) is 11.6 Å². The summed E-state index contributed by atoms with van der Waals surface area (Å²) in [5.41, 5.74) is 7.76. The van der Waals surface area contributed by atoms with E-state index in [4.69, 9.17) is 17.3 Å². The van der Waals surface area contributed by atoms with Crippen LogP contribution < -0.4 is 11.2 Å². The maximum absolute atomic E-state index is 10.4. The molecule has 1 rings (SSSR count). The average molecular weight is 228 g/mol. The summed E-state index contributed by atoms with van der Waals surface area (Å²) in [6, 6.07) is 3.77. The second-order valence-corrected chi connectivity index (χ2v) is 3.27. The lowest BCUT2D eigenvalue weighted by Gasteiger charge is -2.04. The molecule has 0 radical (unpaired) electrons. The van der Waals surface area contributed by atoms with Gasteiger partial charge in [-0.2, -0.15) is 5.10 Å². The molecule has 15 heavy (non-hydrogen) atoms. The predicted octanol–water partition coefficient (Wildman–Crippen LogP) is 1.44. The van der Waals surface area contributed by atoms with E-state index in [0.717, 1.165) is 0 Å². The number of amides is 2. The van der Waals surface area contributed by atoms with Gasteiger partial charge < -0.3 is 10.8 Å². The summed E-state index contributed by atoms with van der Waals surface area (Å²) in [5, 5.41) is 13.6. The second-order valence-electron chi connectivity index (χ2n) is 2.83. The van der Waals surface area contributed by atoms with E-state index >= 15 is 0 Å². The third-order valence-corrected chi connectivity index (χ3v) is 1.92. The van der Waals surface area contributed by atoms with Gasteiger partial charge in [-0.15, -0.1) is 0 Å². The zero-order valence-corrected chi connectivity index (χ0v) is 8.75. The molecule has 0 spiro atoms. The Balaban J connectivity index is 2.99. The van der Waals surface area contributed by atoms with Crippen molar-refractivity contribution in [2.24, 2.45) is 10.8 Å². The first-order valence-electron chi connectivity index (χ1n) is 4.09. The van der Waals surface area contributed by atoms with Crippen LogP contribution in [0.3, 0.4) is 0 Å². The van der Waals surface area contributed by atoms with Crippen LogP contribution in [-0.4, -0.2) is 16.8 Å². The molecule has 0 fully saturated rings. The first-order chi connectivity index (χ1) is 7.00. The number of rotatable bonds is 2. The highest BCUT2D eigenvalue weighted by atomic mass is 35.5. The fraction of sp³-hybridized carbons (Fsp3) is 0.111. The van der Waals surface area contributed by atoms with E-state index < -0.39 is 6.03 Å². The molecule has 80 valence electrons. The van der Waals surface area contributed by atoms with Crippen molar-refractivity contribution < 1.29 is 9.90 Å². The number of benzene rings is 1. The van der Waals surface area contributed by atoms with E-state index in [0.29, 0.717) is 16.3 Å². The molecule has 6 heteroatoms. The smallest absolute Gasteiger partial charge is 0.332 e. The third kappa shape index (κ3) is 3.14. The number of urea groups is 1. The zero-order chi connectivity index (χ0) is 11.4. The number of halogens is 1. The summed E-state index contributed by atoms with van der Waals surface area (Å²) < 4.78 is 0. The van der Waals surface area contributed by atoms with E-state index in [1.165, 1.54) is 6.07 Å². The molecule has 0 aliphatic heterocycles. The molecule has 5 nitrogen and oxygen atoms in total. The number of aromatic hydroxyl groups is 1. The van der Waals surface area contributed by atoms with Gasteiger partial charge >= 0.3 is 6.03 Å². The lowest BCUT2D eigenvalue weighted by atomic mass is 10.1. The summed E-state index contributed by atoms with van der Waals surface area (Å²) in [6.07, 6.45) is 0. The lowest BCUT2D eigenvalue weighted by Crippen LogP contribution is -2.25. The molecule has 0 saturated carbocycles. The molecule has 0 unspecified atom stereocenters. The molecule has 1 aromatic rings. The first-order valence-corrected chi connectivity index (χ1v) is 4.47. The van der Waals surface area contributed by atoms with Crippen LogP contribution in [0.4, 0.5) is 4.79 Å². The Morgan fingerprint density at radius 3 is 2.87 bits per heavy atom. The monoisotopic (exact) mass is 227 g/mol. The molecule has 1 aromatic carbocycles. The number of hydrogen-bond acceptors (Lipinski definition) is 3. The Morgan fingerprint density at radius 2 is 2.27 bits per heavy atom. The Morgan fingerprint density at radius 1 is 1.60 bits per heavy atom. The maximum Gasteiger partial charge on any atom is 0.332 e. The van der Waals surface area contributed by atoms with Gasteiger partial charge in [0.25, 0.3) is 0 Å². The quantitative estimate of drug-likeness (QED) is 0.527. The second kappa shape index (κ2) is 4.65. The molecule has 0 aliphatic rings. The largest absolute Gasteiger partial charge is 0.507 e. The van der Waals surface area contributed by atoms with Gasteiger partial charge in [0.1, 0.15) is 5.75 Å². The molecule has 0 bridgehead atoms. The minimum Gasteiger partial charge on any atom is -0.507 e. The summed E-state index contributed by atoms with van der Waals surface area (Å²) in [5.74, 6) is 0.0342. The molecule has 0 aliphatic carbocycles. The van der Waals surface area contributed by atoms with Crippen molar-refractivity contribution >= 4 is 23.3 Å². The number of phenolic OH excluding ortho intramolecular Hbond substituents is 1. The zero-order valence-electron chi connectivity index (χ0n) is 7.99. The minimum absolute atomic E-state index is 0.0342. The number of nitrogens with zero attached hydrogens (tertiary/aromatic N) is 1. The van der Waals surface area contributed by atoms with Gasteiger partial charge in [0.15, 0.2) is 0 Å². The Bertz CT molecular complexity index is 418. The van der Waals surface area contributed by atoms with E-state index in [1.807, 2.05) is 0 Å². The fourth-order valence-electron chi connectivity index (χ4n) is 0.997. The lowest BCUT2D eigenvalue weighted by molar-refractivity contribution is 0.249. The van der Waals surface area contributed by atoms with Gasteiger partial charge in [-0.25, -0.2) is 10.2 Å². The number of carbonyl (C=O) groups excluding carboxylic acids is 1. The van der Waals surface area contributed by atoms with Crippen LogP contribution in [0.5, 0.6) is 5.75 Å². The van der Waals surface area contributed by atoms with Crippen molar-refractivity contribution in [3.8, 4) is 5.75 Å². The van der Waals surface area contributed by atoms with Gasteiger partial charge in [0.2, 0.25) is 0 Å². The van der Waals surface area contributed by atoms with Crippen LogP contribution in [0.2, 0.25) is 5.02 Å². The highest BCUT2D eigenvalue weighted by Gasteiger charge is 2.05. The predicted molar refractivity (Wildman–Crippen MR) is 58.0 cm³/mol. The van der Waals surface area contributed by atoms with Gasteiger partial charge in [0.05, 0.1) is 5.71 Å². The van der Waals surface area contributed by atoms with Crippen LogP contribution in [-0.2, 0) is 0 Å². The van der Waals surface area contributed by atoms with Crippen molar-refractivity contribution in [1.29, 1.82) is 0 Å². The normalized spacial score (nSPS) is 11.2. The van der Waals surface area contributed by atoms with Crippen LogP contribution in [0.25, 0.3) is 0 Å². The van der Waals surface area contributed by atoms with Crippen LogP contribution in [0.15, 0.2) is 23.3 Å². The highest BCUT2D eigenvalue weighted by molar-refractivity contribution is 6.31. The SMILES string of the molecule is CC(=NNC(N)=O)c1cc(Cl)ccc1O. The van der Waals surface area contributed by atoms with Crippen molar-refractivity contribution in [1.82, 2.24) is 5.43 Å². The van der Waals surface area contributed by atoms with E-state index in [-0.39, 0.29) is 5.75 Å². The minimum atomic E-state index is -0.768. The number of phenols is 1. The molecule has 4 N–H and O–H groups in total. The van der Waals surface area contributed by atoms with Crippen LogP contribution >= 0.6 is 11.6 Å². The van der Waals surface area contributed by atoms with Crippen molar-refractivity contribution in [3.63, 3.8) is 0 Å². The molecule has 2 amide bonds. The number of hydrazone groups is 1. The van der Waals surface area contributed by atoms with Crippen molar-refractivity contribution in [2.75, 3.05) is 0 Å². The summed E-state index contributed by atoms with van der Waals surface area (Å²) in [7, 11) is 0. The number of nitrogens with one attached hydrogen (secondary N) is 1. The Kier molecular flexibility index (Phi) is 3.51. The number of carbonyl (C=O) groups is 1. The highest BCUT2D eigenvalue weighted by Crippen LogP contribution is 2.21. The number of nitrogens with two attached hydrogens (primary N) is 1. The molecular formula is C9H10ClN3O2. The summed E-state index contributed by atoms with van der Waals surface area (Å²) in [6.45, 7) is 1.61. The average Bonchev–Trinajstić information content (AvgIpc) is 2.18. The number of hydrogen-bond donors (Lipinski definition) is 3. The molecule has 0 saturated heterocycles. The van der Waals surface area contributed by atoms with E-state index in [2.05, 4.69) is 10.5 Å². The topological polar surface area (TPSA) is 87.7 Å². The Labute approximate surface area is 91.5 Å². The van der Waals surface area contributed by atoms with E-state index in [1.54, 1.807) is 19.1 Å². The summed E-state index contributed by atoms with van der Waals surface area (Å²) >= 11 is 5.75. The van der Waals surface area contributed by atoms with Gasteiger partial charge in [-0.3, -0.25) is 0 Å². The fourth-order valence-corrected chi connectivity index (χ4v) is 1.17. The maximum atomic E-state index is 10.4. The van der Waals surface area contributed by atoms with Crippen LogP contribution in [0.1, 0.15) is 12.5 Å². The number of primary amides is 1. The molecular weight excluding hydrogens is 218 g/mol. The standard InChI is InChI=1S/C9H10ClN3O2/c1-5(12-13-9(11)15)7-4-6(10)2-3-8(7)14/h2-4,14H,1H3,(H3,11,13,15). The summed E-state index contributed by atoms with van der Waals surface area (Å²) in [4.78, 5) is 10.4. The Hall–Kier alpha value is -1.75. The third-order valence-electron chi connectivity index (χ3n) is 1.68. The first kappa shape index (κ1) is 11.3. The van der Waals surface area contributed by atoms with E-state index in [9.17, 15) is 9.90 Å². The van der Waals surface area contributed by atoms with Crippen molar-refractivity contribution in [2.45, 2.75) is 6.92 Å². The molecule has 0 heterocycles. The van der Waals surface area contributed by atoms with Crippen LogP contribution in [0, 0.1) is 0 Å². The van der Waals surface area contributed by atoms with Gasteiger partial charge in [0, 0.05) is 10.6 Å². The van der Waals surface area contributed by atoms with Crippen molar-refractivity contribution in [3.05, 3.63) is 28.8 Å². The molecule has 0 atom stereocenters.